The van der Waals surface area contributed by atoms with E-state index in [1.165, 1.54) is 58.7 Å². The summed E-state index contributed by atoms with van der Waals surface area (Å²) in [5.41, 5.74) is 9.80. The van der Waals surface area contributed by atoms with Gasteiger partial charge in [-0.3, -0.25) is 9.80 Å². The zero-order valence-electron chi connectivity index (χ0n) is 37.1. The van der Waals surface area contributed by atoms with Crippen molar-refractivity contribution in [1.82, 2.24) is 30.4 Å². The summed E-state index contributed by atoms with van der Waals surface area (Å²) in [4.78, 5) is 15.2. The molecule has 4 aromatic carbocycles. The molecule has 2 saturated heterocycles. The molecule has 6 aromatic rings. The minimum absolute atomic E-state index is 0. The van der Waals surface area contributed by atoms with Crippen molar-refractivity contribution < 1.29 is 0 Å². The van der Waals surface area contributed by atoms with Crippen LogP contribution >= 0.6 is 24.8 Å². The number of halogens is 2. The number of benzene rings is 4. The zero-order valence-corrected chi connectivity index (χ0v) is 38.8. The maximum atomic E-state index is 4.96. The van der Waals surface area contributed by atoms with Gasteiger partial charge in [-0.2, -0.15) is 0 Å². The Labute approximate surface area is 372 Å². The Morgan fingerprint density at radius 2 is 0.800 bits per heavy atom. The zero-order chi connectivity index (χ0) is 40.9. The molecule has 2 unspecified atom stereocenters. The first kappa shape index (κ1) is 47.2. The second-order valence-corrected chi connectivity index (χ2v) is 18.7. The van der Waals surface area contributed by atoms with Crippen LogP contribution in [0.2, 0.25) is 0 Å². The number of nitrogens with zero attached hydrogens (tertiary/aromatic N) is 4. The maximum absolute atomic E-state index is 4.96. The minimum atomic E-state index is 0. The van der Waals surface area contributed by atoms with Crippen LogP contribution in [0.25, 0.3) is 44.3 Å². The molecule has 8 heteroatoms. The topological polar surface area (TPSA) is 56.3 Å². The van der Waals surface area contributed by atoms with Crippen LogP contribution < -0.4 is 10.6 Å². The fraction of sp³-hybridized carbons (Fsp3) is 0.423. The maximum Gasteiger partial charge on any atom is 0.0713 e. The highest BCUT2D eigenvalue weighted by atomic mass is 35.5. The summed E-state index contributed by atoms with van der Waals surface area (Å²) in [5.74, 6) is 0. The molecule has 2 aliphatic rings. The van der Waals surface area contributed by atoms with E-state index in [9.17, 15) is 0 Å². The molecule has 2 N–H and O–H groups in total. The smallest absolute Gasteiger partial charge is 0.0713 e. The molecule has 0 bridgehead atoms. The van der Waals surface area contributed by atoms with Crippen molar-refractivity contribution in [2.45, 2.75) is 116 Å². The highest BCUT2D eigenvalue weighted by Crippen LogP contribution is 2.35. The highest BCUT2D eigenvalue weighted by molar-refractivity contribution is 5.87. The van der Waals surface area contributed by atoms with Crippen molar-refractivity contribution in [3.8, 4) is 22.5 Å². The van der Waals surface area contributed by atoms with Crippen LogP contribution in [0.4, 0.5) is 0 Å². The molecule has 0 amide bonds. The third-order valence-electron chi connectivity index (χ3n) is 12.0. The minimum Gasteiger partial charge on any atom is -0.309 e. The second-order valence-electron chi connectivity index (χ2n) is 18.7. The van der Waals surface area contributed by atoms with Crippen molar-refractivity contribution in [3.63, 3.8) is 0 Å². The van der Waals surface area contributed by atoms with Gasteiger partial charge in [0.05, 0.1) is 22.4 Å². The Morgan fingerprint density at radius 3 is 1.13 bits per heavy atom. The van der Waals surface area contributed by atoms with E-state index in [2.05, 4.69) is 197 Å². The van der Waals surface area contributed by atoms with Crippen molar-refractivity contribution in [2.75, 3.05) is 26.2 Å². The van der Waals surface area contributed by atoms with Crippen molar-refractivity contribution >= 4 is 46.6 Å². The van der Waals surface area contributed by atoms with Gasteiger partial charge in [-0.1, -0.05) is 97.1 Å². The number of hydrogen-bond acceptors (Lipinski definition) is 6. The first-order valence-corrected chi connectivity index (χ1v) is 21.7. The quantitative estimate of drug-likeness (QED) is 0.159. The van der Waals surface area contributed by atoms with Gasteiger partial charge in [0.1, 0.15) is 0 Å². The van der Waals surface area contributed by atoms with Crippen LogP contribution in [-0.4, -0.2) is 69.1 Å². The summed E-state index contributed by atoms with van der Waals surface area (Å²) >= 11 is 0. The molecule has 0 radical (unpaired) electrons. The summed E-state index contributed by atoms with van der Waals surface area (Å²) in [6.45, 7) is 22.8. The Balaban J connectivity index is 0.000000220. The average Bonchev–Trinajstić information content (AvgIpc) is 3.22. The lowest BCUT2D eigenvalue weighted by Crippen LogP contribution is -2.49. The average molecular weight is 848 g/mol. The third-order valence-corrected chi connectivity index (χ3v) is 12.0. The second kappa shape index (κ2) is 20.8. The van der Waals surface area contributed by atoms with Gasteiger partial charge < -0.3 is 10.6 Å². The van der Waals surface area contributed by atoms with Gasteiger partial charge in [-0.05, 0) is 116 Å². The molecule has 2 fully saturated rings. The fourth-order valence-corrected chi connectivity index (χ4v) is 9.09. The SMILES string of the molecule is CC(c1cc(-c2ccccc2)nc2ccccc12)N1CCC(NC(C)(C)C)CC1.CC(c1cc(-c2ccccc2)nc2ccccc12)N1CCC(NC(C)(C)C)CC1.Cl.Cl. The fourth-order valence-electron chi connectivity index (χ4n) is 9.09. The number of hydrogen-bond donors (Lipinski definition) is 2. The van der Waals surface area contributed by atoms with Crippen LogP contribution in [-0.2, 0) is 0 Å². The summed E-state index contributed by atoms with van der Waals surface area (Å²) in [7, 11) is 0. The number of para-hydroxylation sites is 2. The van der Waals surface area contributed by atoms with E-state index in [1.54, 1.807) is 0 Å². The number of likely N-dealkylation sites (tertiary alicyclic amines) is 2. The Bertz CT molecular complexity index is 2070. The van der Waals surface area contributed by atoms with E-state index >= 15 is 0 Å². The lowest BCUT2D eigenvalue weighted by molar-refractivity contribution is 0.143. The van der Waals surface area contributed by atoms with E-state index in [0.29, 0.717) is 24.2 Å². The van der Waals surface area contributed by atoms with Gasteiger partial charge in [-0.25, -0.2) is 9.97 Å². The largest absolute Gasteiger partial charge is 0.309 e. The van der Waals surface area contributed by atoms with E-state index in [-0.39, 0.29) is 35.9 Å². The molecule has 0 spiro atoms. The predicted octanol–water partition coefficient (Wildman–Crippen LogP) is 12.5. The van der Waals surface area contributed by atoms with Gasteiger partial charge in [0.15, 0.2) is 0 Å². The number of pyridine rings is 2. The van der Waals surface area contributed by atoms with Crippen LogP contribution in [0, 0.1) is 0 Å². The molecule has 2 aromatic heterocycles. The molecule has 320 valence electrons. The molecule has 0 aliphatic carbocycles. The number of aromatic nitrogens is 2. The van der Waals surface area contributed by atoms with Gasteiger partial charge in [0.2, 0.25) is 0 Å². The number of fused-ring (bicyclic) bond motifs is 2. The Morgan fingerprint density at radius 1 is 0.483 bits per heavy atom. The first-order valence-electron chi connectivity index (χ1n) is 21.7. The van der Waals surface area contributed by atoms with Crippen LogP contribution in [0.1, 0.15) is 104 Å². The lowest BCUT2D eigenvalue weighted by Gasteiger charge is -2.39. The summed E-state index contributed by atoms with van der Waals surface area (Å²) in [6, 6.07) is 44.8. The number of nitrogens with one attached hydrogen (secondary N) is 2. The van der Waals surface area contributed by atoms with E-state index in [4.69, 9.17) is 9.97 Å². The standard InChI is InChI=1S/2C26H33N3.2ClH/c2*1-19(29-16-14-21(15-17-29)28-26(2,3)4)23-18-25(20-10-6-5-7-11-20)27-24-13-9-8-12-22(23)24;;/h2*5-13,18-19,21,28H,14-17H2,1-4H3;2*1H. The Hall–Kier alpha value is -3.88. The molecule has 60 heavy (non-hydrogen) atoms. The first-order chi connectivity index (χ1) is 27.8. The normalized spacial score (nSPS) is 16.9. The van der Waals surface area contributed by atoms with Crippen LogP contribution in [0.15, 0.2) is 121 Å². The lowest BCUT2D eigenvalue weighted by atomic mass is 9.95. The van der Waals surface area contributed by atoms with Crippen LogP contribution in [0.3, 0.4) is 0 Å². The highest BCUT2D eigenvalue weighted by Gasteiger charge is 2.29. The van der Waals surface area contributed by atoms with Gasteiger partial charge in [-0.15, -0.1) is 24.8 Å². The van der Waals surface area contributed by atoms with Gasteiger partial charge >= 0.3 is 0 Å². The molecule has 6 nitrogen and oxygen atoms in total. The Kier molecular flexibility index (Phi) is 16.3. The van der Waals surface area contributed by atoms with Crippen molar-refractivity contribution in [3.05, 3.63) is 132 Å². The van der Waals surface area contributed by atoms with E-state index in [0.717, 1.165) is 48.6 Å². The van der Waals surface area contributed by atoms with Gasteiger partial charge in [0, 0.05) is 83.3 Å². The molecular weight excluding hydrogens is 780 g/mol. The van der Waals surface area contributed by atoms with Gasteiger partial charge in [0.25, 0.3) is 0 Å². The molecular formula is C52H68Cl2N6. The number of rotatable bonds is 8. The van der Waals surface area contributed by atoms with Crippen molar-refractivity contribution in [2.24, 2.45) is 0 Å². The van der Waals surface area contributed by atoms with E-state index in [1.807, 2.05) is 0 Å². The summed E-state index contributed by atoms with van der Waals surface area (Å²) < 4.78 is 0. The molecule has 8 rings (SSSR count). The summed E-state index contributed by atoms with van der Waals surface area (Å²) in [6.07, 6.45) is 4.82. The molecule has 4 heterocycles. The van der Waals surface area contributed by atoms with Crippen molar-refractivity contribution in [1.29, 1.82) is 0 Å². The van der Waals surface area contributed by atoms with E-state index < -0.39 is 0 Å². The predicted molar refractivity (Wildman–Crippen MR) is 261 cm³/mol. The summed E-state index contributed by atoms with van der Waals surface area (Å²) in [5, 5.41) is 10.1. The monoisotopic (exact) mass is 846 g/mol. The third kappa shape index (κ3) is 12.1. The molecule has 2 aliphatic heterocycles. The van der Waals surface area contributed by atoms with Crippen LogP contribution in [0.5, 0.6) is 0 Å². The number of piperidine rings is 2. The molecule has 2 atom stereocenters. The molecule has 0 saturated carbocycles.